The molecule has 1 aromatic carbocycles. The Balaban J connectivity index is 1.39. The molecule has 2 N–H and O–H groups in total. The summed E-state index contributed by atoms with van der Waals surface area (Å²) in [6.07, 6.45) is 4.81. The molecule has 0 saturated carbocycles. The molecule has 0 radical (unpaired) electrons. The Morgan fingerprint density at radius 1 is 1.29 bits per heavy atom. The van der Waals surface area contributed by atoms with Gasteiger partial charge in [0, 0.05) is 50.3 Å². The van der Waals surface area contributed by atoms with Crippen LogP contribution in [0.5, 0.6) is 0 Å². The lowest BCUT2D eigenvalue weighted by Crippen LogP contribution is -2.38. The average molecular weight is 385 g/mol. The van der Waals surface area contributed by atoms with Gasteiger partial charge in [-0.25, -0.2) is 0 Å². The molecule has 1 saturated heterocycles. The first-order chi connectivity index (χ1) is 13.9. The van der Waals surface area contributed by atoms with Gasteiger partial charge in [0.1, 0.15) is 0 Å². The van der Waals surface area contributed by atoms with Crippen LogP contribution in [0.2, 0.25) is 0 Å². The number of pyridine rings is 1. The summed E-state index contributed by atoms with van der Waals surface area (Å²) in [5, 5.41) is 7.92. The highest BCUT2D eigenvalue weighted by Gasteiger charge is 2.15. The number of nitrogens with one attached hydrogen (secondary N) is 2. The molecule has 1 aliphatic heterocycles. The number of hydrogen-bond acceptors (Lipinski definition) is 4. The van der Waals surface area contributed by atoms with Crippen LogP contribution < -0.4 is 10.6 Å². The normalized spacial score (nSPS) is 17.2. The Bertz CT molecular complexity index is 739. The molecule has 152 valence electrons. The SMILES string of the molecule is CCNC(=NCCCOCC1CCOC1)NCCc1cccc2cccnc12. The fraction of sp³-hybridized carbons (Fsp3) is 0.545. The zero-order valence-electron chi connectivity index (χ0n) is 16.8. The summed E-state index contributed by atoms with van der Waals surface area (Å²) >= 11 is 0. The molecule has 1 atom stereocenters. The minimum Gasteiger partial charge on any atom is -0.381 e. The van der Waals surface area contributed by atoms with Gasteiger partial charge >= 0.3 is 0 Å². The molecule has 0 bridgehead atoms. The highest BCUT2D eigenvalue weighted by molar-refractivity contribution is 5.82. The van der Waals surface area contributed by atoms with E-state index < -0.39 is 0 Å². The van der Waals surface area contributed by atoms with Crippen molar-refractivity contribution in [1.82, 2.24) is 15.6 Å². The van der Waals surface area contributed by atoms with Gasteiger partial charge < -0.3 is 20.1 Å². The number of hydrogen-bond donors (Lipinski definition) is 2. The largest absolute Gasteiger partial charge is 0.381 e. The molecule has 1 unspecified atom stereocenters. The number of ether oxygens (including phenoxy) is 2. The van der Waals surface area contributed by atoms with Crippen molar-refractivity contribution in [2.45, 2.75) is 26.2 Å². The lowest BCUT2D eigenvalue weighted by atomic mass is 10.1. The zero-order chi connectivity index (χ0) is 19.4. The predicted octanol–water partition coefficient (Wildman–Crippen LogP) is 2.78. The van der Waals surface area contributed by atoms with Crippen LogP contribution in [0.3, 0.4) is 0 Å². The number of rotatable bonds is 10. The van der Waals surface area contributed by atoms with Crippen molar-refractivity contribution in [1.29, 1.82) is 0 Å². The highest BCUT2D eigenvalue weighted by atomic mass is 16.5. The summed E-state index contributed by atoms with van der Waals surface area (Å²) in [6.45, 7) is 7.79. The topological polar surface area (TPSA) is 67.8 Å². The van der Waals surface area contributed by atoms with Gasteiger partial charge in [-0.1, -0.05) is 24.3 Å². The van der Waals surface area contributed by atoms with Crippen molar-refractivity contribution in [3.8, 4) is 0 Å². The third kappa shape index (κ3) is 6.46. The number of aromatic nitrogens is 1. The minimum atomic E-state index is 0.575. The van der Waals surface area contributed by atoms with E-state index in [1.54, 1.807) is 0 Å². The molecule has 1 aliphatic rings. The first kappa shape index (κ1) is 20.6. The molecule has 2 heterocycles. The van der Waals surface area contributed by atoms with Crippen LogP contribution >= 0.6 is 0 Å². The second-order valence-electron chi connectivity index (χ2n) is 7.09. The fourth-order valence-electron chi connectivity index (χ4n) is 3.35. The second-order valence-corrected chi connectivity index (χ2v) is 7.09. The summed E-state index contributed by atoms with van der Waals surface area (Å²) < 4.78 is 11.1. The van der Waals surface area contributed by atoms with Crippen molar-refractivity contribution in [3.63, 3.8) is 0 Å². The van der Waals surface area contributed by atoms with Gasteiger partial charge in [0.05, 0.1) is 18.7 Å². The number of guanidine groups is 1. The van der Waals surface area contributed by atoms with E-state index in [-0.39, 0.29) is 0 Å². The number of nitrogens with zero attached hydrogens (tertiary/aromatic N) is 2. The second kappa shape index (κ2) is 11.6. The molecule has 6 heteroatoms. The van der Waals surface area contributed by atoms with Crippen molar-refractivity contribution in [2.24, 2.45) is 10.9 Å². The zero-order valence-corrected chi connectivity index (χ0v) is 16.8. The van der Waals surface area contributed by atoms with Crippen LogP contribution in [-0.4, -0.2) is 57.0 Å². The molecular formula is C22H32N4O2. The molecule has 0 spiro atoms. The van der Waals surface area contributed by atoms with Gasteiger partial charge in [0.25, 0.3) is 0 Å². The number of aliphatic imine (C=N–C) groups is 1. The van der Waals surface area contributed by atoms with Crippen LogP contribution in [-0.2, 0) is 15.9 Å². The van der Waals surface area contributed by atoms with E-state index in [0.717, 1.165) is 76.8 Å². The van der Waals surface area contributed by atoms with Crippen molar-refractivity contribution in [2.75, 3.05) is 46.1 Å². The summed E-state index contributed by atoms with van der Waals surface area (Å²) in [5.74, 6) is 1.44. The van der Waals surface area contributed by atoms with Gasteiger partial charge in [-0.15, -0.1) is 0 Å². The molecule has 6 nitrogen and oxygen atoms in total. The summed E-state index contributed by atoms with van der Waals surface area (Å²) in [7, 11) is 0. The summed E-state index contributed by atoms with van der Waals surface area (Å²) in [5.41, 5.74) is 2.34. The number of fused-ring (bicyclic) bond motifs is 1. The Hall–Kier alpha value is -2.18. The lowest BCUT2D eigenvalue weighted by molar-refractivity contribution is 0.0893. The lowest BCUT2D eigenvalue weighted by Gasteiger charge is -2.12. The first-order valence-corrected chi connectivity index (χ1v) is 10.4. The fourth-order valence-corrected chi connectivity index (χ4v) is 3.35. The van der Waals surface area contributed by atoms with E-state index in [1.165, 1.54) is 10.9 Å². The molecule has 1 fully saturated rings. The molecule has 0 aliphatic carbocycles. The van der Waals surface area contributed by atoms with Crippen LogP contribution in [0.4, 0.5) is 0 Å². The average Bonchev–Trinajstić information content (AvgIpc) is 3.24. The monoisotopic (exact) mass is 384 g/mol. The van der Waals surface area contributed by atoms with Crippen molar-refractivity contribution < 1.29 is 9.47 Å². The maximum Gasteiger partial charge on any atom is 0.191 e. The Labute approximate surface area is 167 Å². The molecule has 2 aromatic rings. The molecule has 0 amide bonds. The van der Waals surface area contributed by atoms with Gasteiger partial charge in [-0.2, -0.15) is 0 Å². The third-order valence-electron chi connectivity index (χ3n) is 4.84. The van der Waals surface area contributed by atoms with E-state index >= 15 is 0 Å². The highest BCUT2D eigenvalue weighted by Crippen LogP contribution is 2.16. The van der Waals surface area contributed by atoms with E-state index in [0.29, 0.717) is 5.92 Å². The van der Waals surface area contributed by atoms with Crippen LogP contribution in [0.1, 0.15) is 25.3 Å². The van der Waals surface area contributed by atoms with Crippen molar-refractivity contribution in [3.05, 3.63) is 42.1 Å². The van der Waals surface area contributed by atoms with E-state index in [1.807, 2.05) is 12.3 Å². The van der Waals surface area contributed by atoms with Gasteiger partial charge in [0.2, 0.25) is 0 Å². The summed E-state index contributed by atoms with van der Waals surface area (Å²) in [4.78, 5) is 9.18. The van der Waals surface area contributed by atoms with Gasteiger partial charge in [0.15, 0.2) is 5.96 Å². The van der Waals surface area contributed by atoms with E-state index in [4.69, 9.17) is 9.47 Å². The van der Waals surface area contributed by atoms with Crippen molar-refractivity contribution >= 4 is 16.9 Å². The van der Waals surface area contributed by atoms with E-state index in [2.05, 4.69) is 51.8 Å². The molecular weight excluding hydrogens is 352 g/mol. The molecule has 28 heavy (non-hydrogen) atoms. The number of para-hydroxylation sites is 1. The quantitative estimate of drug-likeness (QED) is 0.375. The molecule has 3 rings (SSSR count). The van der Waals surface area contributed by atoms with E-state index in [9.17, 15) is 0 Å². The Morgan fingerprint density at radius 3 is 3.07 bits per heavy atom. The van der Waals surface area contributed by atoms with Crippen LogP contribution in [0.15, 0.2) is 41.5 Å². The maximum absolute atomic E-state index is 5.74. The predicted molar refractivity (Wildman–Crippen MR) is 114 cm³/mol. The van der Waals surface area contributed by atoms with Gasteiger partial charge in [-0.05, 0) is 37.8 Å². The molecule has 1 aromatic heterocycles. The summed E-state index contributed by atoms with van der Waals surface area (Å²) in [6, 6.07) is 10.4. The first-order valence-electron chi connectivity index (χ1n) is 10.4. The standard InChI is InChI=1S/C22H32N4O2/c1-2-23-22(25-12-5-14-27-16-18-10-15-28-17-18)26-13-9-20-7-3-6-19-8-4-11-24-21(19)20/h3-4,6-8,11,18H,2,5,9-10,12-17H2,1H3,(H2,23,25,26). The minimum absolute atomic E-state index is 0.575. The van der Waals surface area contributed by atoms with Gasteiger partial charge in [-0.3, -0.25) is 9.98 Å². The smallest absolute Gasteiger partial charge is 0.191 e. The third-order valence-corrected chi connectivity index (χ3v) is 4.84. The Morgan fingerprint density at radius 2 is 2.21 bits per heavy atom. The van der Waals surface area contributed by atoms with Crippen LogP contribution in [0.25, 0.3) is 10.9 Å². The maximum atomic E-state index is 5.74. The number of benzene rings is 1. The Kier molecular flexibility index (Phi) is 8.53. The van der Waals surface area contributed by atoms with Crippen LogP contribution in [0, 0.1) is 5.92 Å².